The second-order valence-electron chi connectivity index (χ2n) is 5.47. The van der Waals surface area contributed by atoms with Crippen LogP contribution in [0.25, 0.3) is 11.3 Å². The summed E-state index contributed by atoms with van der Waals surface area (Å²) in [6, 6.07) is 14.9. The van der Waals surface area contributed by atoms with E-state index in [2.05, 4.69) is 15.2 Å². The van der Waals surface area contributed by atoms with Crippen LogP contribution in [0.15, 0.2) is 53.1 Å². The van der Waals surface area contributed by atoms with Crippen LogP contribution in [-0.2, 0) is 17.9 Å². The first-order valence-corrected chi connectivity index (χ1v) is 8.43. The van der Waals surface area contributed by atoms with Gasteiger partial charge in [-0.15, -0.1) is 0 Å². The van der Waals surface area contributed by atoms with Gasteiger partial charge in [0.1, 0.15) is 5.69 Å². The first-order chi connectivity index (χ1) is 12.5. The SMILES string of the molecule is NC(=O)OCc1cc(-c2ccc(NCc3ccc(Cl)c(Cl)c3)cc2)no1. The number of anilines is 1. The minimum atomic E-state index is -0.861. The van der Waals surface area contributed by atoms with Crippen LogP contribution < -0.4 is 11.1 Å². The Labute approximate surface area is 159 Å². The first kappa shape index (κ1) is 18.1. The Morgan fingerprint density at radius 1 is 1.12 bits per heavy atom. The van der Waals surface area contributed by atoms with E-state index in [4.69, 9.17) is 33.5 Å². The molecule has 0 aliphatic heterocycles. The molecule has 0 spiro atoms. The van der Waals surface area contributed by atoms with Crippen LogP contribution in [-0.4, -0.2) is 11.2 Å². The number of aromatic nitrogens is 1. The lowest BCUT2D eigenvalue weighted by Gasteiger charge is -2.08. The van der Waals surface area contributed by atoms with Gasteiger partial charge in [-0.25, -0.2) is 4.79 Å². The molecule has 0 saturated heterocycles. The highest BCUT2D eigenvalue weighted by atomic mass is 35.5. The lowest BCUT2D eigenvalue weighted by atomic mass is 10.1. The summed E-state index contributed by atoms with van der Waals surface area (Å²) in [7, 11) is 0. The van der Waals surface area contributed by atoms with Crippen molar-refractivity contribution in [2.45, 2.75) is 13.2 Å². The van der Waals surface area contributed by atoms with Crippen molar-refractivity contribution < 1.29 is 14.1 Å². The van der Waals surface area contributed by atoms with Crippen molar-refractivity contribution >= 4 is 35.0 Å². The fourth-order valence-electron chi connectivity index (χ4n) is 2.27. The molecule has 26 heavy (non-hydrogen) atoms. The number of amides is 1. The first-order valence-electron chi connectivity index (χ1n) is 7.67. The van der Waals surface area contributed by atoms with E-state index >= 15 is 0 Å². The fourth-order valence-corrected chi connectivity index (χ4v) is 2.59. The molecule has 1 amide bonds. The number of nitrogens with two attached hydrogens (primary N) is 1. The van der Waals surface area contributed by atoms with Gasteiger partial charge in [0, 0.05) is 23.9 Å². The van der Waals surface area contributed by atoms with Crippen molar-refractivity contribution in [3.05, 3.63) is 69.9 Å². The van der Waals surface area contributed by atoms with Crippen molar-refractivity contribution in [3.8, 4) is 11.3 Å². The third-order valence-corrected chi connectivity index (χ3v) is 4.32. The Bertz CT molecular complexity index is 910. The van der Waals surface area contributed by atoms with Gasteiger partial charge in [-0.05, 0) is 29.8 Å². The number of halogens is 2. The van der Waals surface area contributed by atoms with Gasteiger partial charge in [-0.3, -0.25) is 0 Å². The van der Waals surface area contributed by atoms with Crippen LogP contribution in [0.4, 0.5) is 10.5 Å². The zero-order valence-corrected chi connectivity index (χ0v) is 15.1. The molecule has 0 atom stereocenters. The highest BCUT2D eigenvalue weighted by Gasteiger charge is 2.08. The van der Waals surface area contributed by atoms with E-state index in [0.717, 1.165) is 16.8 Å². The van der Waals surface area contributed by atoms with Gasteiger partial charge in [-0.2, -0.15) is 0 Å². The van der Waals surface area contributed by atoms with Gasteiger partial charge in [0.05, 0.1) is 10.0 Å². The summed E-state index contributed by atoms with van der Waals surface area (Å²) in [5, 5.41) is 8.32. The molecule has 0 unspecified atom stereocenters. The highest BCUT2D eigenvalue weighted by molar-refractivity contribution is 6.42. The highest BCUT2D eigenvalue weighted by Crippen LogP contribution is 2.24. The summed E-state index contributed by atoms with van der Waals surface area (Å²) >= 11 is 11.9. The molecule has 134 valence electrons. The van der Waals surface area contributed by atoms with Crippen LogP contribution in [0.3, 0.4) is 0 Å². The number of primary amides is 1. The molecular weight excluding hydrogens is 377 g/mol. The smallest absolute Gasteiger partial charge is 0.404 e. The number of hydrogen-bond acceptors (Lipinski definition) is 5. The van der Waals surface area contributed by atoms with Crippen LogP contribution in [0.5, 0.6) is 0 Å². The van der Waals surface area contributed by atoms with Gasteiger partial charge < -0.3 is 20.3 Å². The van der Waals surface area contributed by atoms with E-state index in [1.54, 1.807) is 12.1 Å². The molecule has 0 bridgehead atoms. The number of nitrogens with one attached hydrogen (secondary N) is 1. The number of nitrogens with zero attached hydrogens (tertiary/aromatic N) is 1. The molecule has 0 saturated carbocycles. The summed E-state index contributed by atoms with van der Waals surface area (Å²) in [5.74, 6) is 0.417. The maximum absolute atomic E-state index is 10.6. The number of ether oxygens (including phenoxy) is 1. The van der Waals surface area contributed by atoms with Crippen LogP contribution in [0, 0.1) is 0 Å². The van der Waals surface area contributed by atoms with Crippen molar-refractivity contribution in [1.29, 1.82) is 0 Å². The molecular formula is C18H15Cl2N3O3. The average Bonchev–Trinajstić information content (AvgIpc) is 3.10. The van der Waals surface area contributed by atoms with Crippen molar-refractivity contribution in [2.24, 2.45) is 5.73 Å². The minimum Gasteiger partial charge on any atom is -0.441 e. The molecule has 2 aromatic carbocycles. The normalized spacial score (nSPS) is 10.5. The number of hydrogen-bond donors (Lipinski definition) is 2. The van der Waals surface area contributed by atoms with E-state index in [0.29, 0.717) is 28.0 Å². The average molecular weight is 392 g/mol. The lowest BCUT2D eigenvalue weighted by molar-refractivity contribution is 0.137. The Hall–Kier alpha value is -2.70. The van der Waals surface area contributed by atoms with E-state index < -0.39 is 6.09 Å². The summed E-state index contributed by atoms with van der Waals surface area (Å²) in [6.45, 7) is 0.570. The monoisotopic (exact) mass is 391 g/mol. The Kier molecular flexibility index (Phi) is 5.65. The predicted octanol–water partition coefficient (Wildman–Crippen LogP) is 4.86. The van der Waals surface area contributed by atoms with Crippen molar-refractivity contribution in [1.82, 2.24) is 5.16 Å². The summed E-state index contributed by atoms with van der Waals surface area (Å²) < 4.78 is 9.77. The van der Waals surface area contributed by atoms with Gasteiger partial charge in [0.25, 0.3) is 0 Å². The molecule has 8 heteroatoms. The zero-order chi connectivity index (χ0) is 18.5. The maximum Gasteiger partial charge on any atom is 0.404 e. The summed E-state index contributed by atoms with van der Waals surface area (Å²) in [5.41, 5.74) is 8.41. The largest absolute Gasteiger partial charge is 0.441 e. The molecule has 0 fully saturated rings. The Balaban J connectivity index is 1.61. The van der Waals surface area contributed by atoms with E-state index in [1.165, 1.54) is 0 Å². The van der Waals surface area contributed by atoms with Crippen molar-refractivity contribution in [3.63, 3.8) is 0 Å². The molecule has 3 aromatic rings. The standard InChI is InChI=1S/C18H15Cl2N3O3/c19-15-6-1-11(7-16(15)20)9-22-13-4-2-12(3-5-13)17-8-14(26-23-17)10-25-18(21)24/h1-8,22H,9-10H2,(H2,21,24). The molecule has 1 aromatic heterocycles. The van der Waals surface area contributed by atoms with Crippen LogP contribution in [0.1, 0.15) is 11.3 Å². The molecule has 0 radical (unpaired) electrons. The van der Waals surface area contributed by atoms with E-state index in [-0.39, 0.29) is 6.61 Å². The second-order valence-corrected chi connectivity index (χ2v) is 6.28. The lowest BCUT2D eigenvalue weighted by Crippen LogP contribution is -2.12. The molecule has 0 aliphatic carbocycles. The van der Waals surface area contributed by atoms with Crippen LogP contribution in [0.2, 0.25) is 10.0 Å². The van der Waals surface area contributed by atoms with Crippen molar-refractivity contribution in [2.75, 3.05) is 5.32 Å². The topological polar surface area (TPSA) is 90.4 Å². The Morgan fingerprint density at radius 2 is 1.88 bits per heavy atom. The summed E-state index contributed by atoms with van der Waals surface area (Å²) in [6.07, 6.45) is -0.861. The molecule has 3 N–H and O–H groups in total. The number of rotatable bonds is 6. The number of carbonyl (C=O) groups is 1. The van der Waals surface area contributed by atoms with Gasteiger partial charge in [-0.1, -0.05) is 46.6 Å². The van der Waals surface area contributed by atoms with Gasteiger partial charge in [0.2, 0.25) is 0 Å². The van der Waals surface area contributed by atoms with E-state index in [1.807, 2.05) is 36.4 Å². The molecule has 3 rings (SSSR count). The predicted molar refractivity (Wildman–Crippen MR) is 100 cm³/mol. The molecule has 1 heterocycles. The van der Waals surface area contributed by atoms with Crippen LogP contribution >= 0.6 is 23.2 Å². The second kappa shape index (κ2) is 8.12. The van der Waals surface area contributed by atoms with Gasteiger partial charge >= 0.3 is 6.09 Å². The Morgan fingerprint density at radius 3 is 2.58 bits per heavy atom. The maximum atomic E-state index is 10.6. The third-order valence-electron chi connectivity index (χ3n) is 3.58. The molecule has 6 nitrogen and oxygen atoms in total. The van der Waals surface area contributed by atoms with Gasteiger partial charge in [0.15, 0.2) is 12.4 Å². The fraction of sp³-hybridized carbons (Fsp3) is 0.111. The molecule has 0 aliphatic rings. The number of benzene rings is 2. The quantitative estimate of drug-likeness (QED) is 0.626. The minimum absolute atomic E-state index is 0.0500. The zero-order valence-electron chi connectivity index (χ0n) is 13.5. The third kappa shape index (κ3) is 4.68. The van der Waals surface area contributed by atoms with E-state index in [9.17, 15) is 4.79 Å². The summed E-state index contributed by atoms with van der Waals surface area (Å²) in [4.78, 5) is 10.6. The number of carbonyl (C=O) groups excluding carboxylic acids is 1.